The zero-order chi connectivity index (χ0) is 23.5. The highest BCUT2D eigenvalue weighted by atomic mass is 16.1. The summed E-state index contributed by atoms with van der Waals surface area (Å²) in [7, 11) is 0. The van der Waals surface area contributed by atoms with E-state index in [-0.39, 0.29) is 5.91 Å². The van der Waals surface area contributed by atoms with Gasteiger partial charge >= 0.3 is 0 Å². The van der Waals surface area contributed by atoms with Crippen LogP contribution in [0.15, 0.2) is 109 Å². The third kappa shape index (κ3) is 4.26. The van der Waals surface area contributed by atoms with Crippen LogP contribution in [0.2, 0.25) is 0 Å². The SMILES string of the molecule is Cc1cccc(NC(=O)c2ccc(-n3nc(-c4ccccc4)cc3-c3ccccc3)cc2)c1C. The van der Waals surface area contributed by atoms with Crippen molar-refractivity contribution in [2.45, 2.75) is 13.8 Å². The van der Waals surface area contributed by atoms with E-state index >= 15 is 0 Å². The monoisotopic (exact) mass is 443 g/mol. The van der Waals surface area contributed by atoms with Crippen LogP contribution in [0.3, 0.4) is 0 Å². The van der Waals surface area contributed by atoms with E-state index in [0.717, 1.165) is 45.0 Å². The Morgan fingerprint density at radius 2 is 1.38 bits per heavy atom. The zero-order valence-electron chi connectivity index (χ0n) is 19.2. The summed E-state index contributed by atoms with van der Waals surface area (Å²) in [4.78, 5) is 12.9. The van der Waals surface area contributed by atoms with Gasteiger partial charge in [-0.05, 0) is 61.4 Å². The van der Waals surface area contributed by atoms with Gasteiger partial charge in [0.25, 0.3) is 5.91 Å². The summed E-state index contributed by atoms with van der Waals surface area (Å²) in [5.74, 6) is -0.131. The highest BCUT2D eigenvalue weighted by molar-refractivity contribution is 6.04. The Balaban J connectivity index is 1.48. The number of aryl methyl sites for hydroxylation is 1. The molecular weight excluding hydrogens is 418 g/mol. The van der Waals surface area contributed by atoms with Crippen molar-refractivity contribution in [2.24, 2.45) is 0 Å². The number of aromatic nitrogens is 2. The molecule has 4 heteroatoms. The summed E-state index contributed by atoms with van der Waals surface area (Å²) >= 11 is 0. The molecule has 0 saturated heterocycles. The maximum atomic E-state index is 12.9. The van der Waals surface area contributed by atoms with Crippen LogP contribution >= 0.6 is 0 Å². The lowest BCUT2D eigenvalue weighted by atomic mass is 10.1. The molecule has 0 unspecified atom stereocenters. The molecule has 0 atom stereocenters. The third-order valence-electron chi connectivity index (χ3n) is 6.08. The van der Waals surface area contributed by atoms with E-state index in [4.69, 9.17) is 5.10 Å². The number of carbonyl (C=O) groups is 1. The van der Waals surface area contributed by atoms with Crippen LogP contribution in [0.4, 0.5) is 5.69 Å². The van der Waals surface area contributed by atoms with Gasteiger partial charge in [0.05, 0.1) is 17.1 Å². The van der Waals surface area contributed by atoms with Crippen LogP contribution < -0.4 is 5.32 Å². The summed E-state index contributed by atoms with van der Waals surface area (Å²) in [5, 5.41) is 7.93. The number of nitrogens with zero attached hydrogens (tertiary/aromatic N) is 2. The van der Waals surface area contributed by atoms with Gasteiger partial charge in [-0.3, -0.25) is 4.79 Å². The minimum absolute atomic E-state index is 0.131. The molecule has 1 amide bonds. The van der Waals surface area contributed by atoms with E-state index in [1.807, 2.05) is 97.4 Å². The van der Waals surface area contributed by atoms with Crippen molar-refractivity contribution in [3.8, 4) is 28.2 Å². The van der Waals surface area contributed by atoms with Gasteiger partial charge in [0, 0.05) is 22.4 Å². The number of hydrogen-bond donors (Lipinski definition) is 1. The molecule has 0 aliphatic heterocycles. The van der Waals surface area contributed by atoms with Gasteiger partial charge in [-0.1, -0.05) is 72.8 Å². The Labute approximate surface area is 199 Å². The van der Waals surface area contributed by atoms with Gasteiger partial charge in [-0.2, -0.15) is 5.10 Å². The van der Waals surface area contributed by atoms with Crippen molar-refractivity contribution in [1.29, 1.82) is 0 Å². The van der Waals surface area contributed by atoms with Crippen molar-refractivity contribution < 1.29 is 4.79 Å². The molecule has 0 aliphatic rings. The smallest absolute Gasteiger partial charge is 0.255 e. The lowest BCUT2D eigenvalue weighted by molar-refractivity contribution is 0.102. The molecule has 1 heterocycles. The van der Waals surface area contributed by atoms with Gasteiger partial charge in [-0.25, -0.2) is 4.68 Å². The number of amides is 1. The number of nitrogens with one attached hydrogen (secondary N) is 1. The summed E-state index contributed by atoms with van der Waals surface area (Å²) in [6.45, 7) is 4.05. The molecule has 5 aromatic rings. The standard InChI is InChI=1S/C30H25N3O/c1-21-10-9-15-27(22(21)2)31-30(34)25-16-18-26(19-17-25)33-29(24-13-7-4-8-14-24)20-28(32-33)23-11-5-3-6-12-23/h3-20H,1-2H3,(H,31,34). The van der Waals surface area contributed by atoms with Crippen LogP contribution in [-0.2, 0) is 0 Å². The fourth-order valence-electron chi connectivity index (χ4n) is 3.98. The lowest BCUT2D eigenvalue weighted by Crippen LogP contribution is -2.13. The molecular formula is C30H25N3O. The number of benzene rings is 4. The van der Waals surface area contributed by atoms with E-state index in [9.17, 15) is 4.79 Å². The number of carbonyl (C=O) groups excluding carboxylic acids is 1. The molecule has 0 fully saturated rings. The lowest BCUT2D eigenvalue weighted by Gasteiger charge is -2.11. The second-order valence-electron chi connectivity index (χ2n) is 8.31. The van der Waals surface area contributed by atoms with Crippen LogP contribution in [0.25, 0.3) is 28.2 Å². The first-order valence-electron chi connectivity index (χ1n) is 11.3. The van der Waals surface area contributed by atoms with Gasteiger partial charge < -0.3 is 5.32 Å². The first-order chi connectivity index (χ1) is 16.6. The summed E-state index contributed by atoms with van der Waals surface area (Å²) in [6, 6.07) is 35.9. The average molecular weight is 444 g/mol. The predicted octanol–water partition coefficient (Wildman–Crippen LogP) is 7.08. The molecule has 1 N–H and O–H groups in total. The Morgan fingerprint density at radius 3 is 2.06 bits per heavy atom. The topological polar surface area (TPSA) is 46.9 Å². The van der Waals surface area contributed by atoms with Gasteiger partial charge in [-0.15, -0.1) is 0 Å². The Morgan fingerprint density at radius 1 is 0.735 bits per heavy atom. The second-order valence-corrected chi connectivity index (χ2v) is 8.31. The Hall–Kier alpha value is -4.44. The normalized spacial score (nSPS) is 10.8. The van der Waals surface area contributed by atoms with Crippen LogP contribution in [0, 0.1) is 13.8 Å². The molecule has 0 saturated carbocycles. The number of hydrogen-bond acceptors (Lipinski definition) is 2. The predicted molar refractivity (Wildman–Crippen MR) is 138 cm³/mol. The summed E-state index contributed by atoms with van der Waals surface area (Å²) in [5.41, 5.74) is 8.57. The first kappa shape index (κ1) is 21.4. The molecule has 0 aliphatic carbocycles. The first-order valence-corrected chi connectivity index (χ1v) is 11.3. The van der Waals surface area contributed by atoms with E-state index in [1.165, 1.54) is 0 Å². The largest absolute Gasteiger partial charge is 0.322 e. The second kappa shape index (κ2) is 9.20. The fraction of sp³-hybridized carbons (Fsp3) is 0.0667. The molecule has 4 nitrogen and oxygen atoms in total. The molecule has 34 heavy (non-hydrogen) atoms. The van der Waals surface area contributed by atoms with E-state index in [2.05, 4.69) is 35.6 Å². The summed E-state index contributed by atoms with van der Waals surface area (Å²) < 4.78 is 1.93. The minimum atomic E-state index is -0.131. The fourth-order valence-corrected chi connectivity index (χ4v) is 3.98. The van der Waals surface area contributed by atoms with Crippen molar-refractivity contribution in [2.75, 3.05) is 5.32 Å². The van der Waals surface area contributed by atoms with Crippen molar-refractivity contribution in [1.82, 2.24) is 9.78 Å². The van der Waals surface area contributed by atoms with Crippen LogP contribution in [0.5, 0.6) is 0 Å². The van der Waals surface area contributed by atoms with Crippen molar-refractivity contribution in [3.63, 3.8) is 0 Å². The Kier molecular flexibility index (Phi) is 5.79. The van der Waals surface area contributed by atoms with Crippen molar-refractivity contribution >= 4 is 11.6 Å². The highest BCUT2D eigenvalue weighted by Gasteiger charge is 2.14. The molecule has 1 aromatic heterocycles. The minimum Gasteiger partial charge on any atom is -0.322 e. The van der Waals surface area contributed by atoms with Crippen LogP contribution in [-0.4, -0.2) is 15.7 Å². The number of anilines is 1. The third-order valence-corrected chi connectivity index (χ3v) is 6.08. The van der Waals surface area contributed by atoms with E-state index in [1.54, 1.807) is 0 Å². The summed E-state index contributed by atoms with van der Waals surface area (Å²) in [6.07, 6.45) is 0. The molecule has 0 spiro atoms. The quantitative estimate of drug-likeness (QED) is 0.316. The molecule has 0 bridgehead atoms. The van der Waals surface area contributed by atoms with Gasteiger partial charge in [0.1, 0.15) is 0 Å². The average Bonchev–Trinajstić information content (AvgIpc) is 3.34. The van der Waals surface area contributed by atoms with E-state index in [0.29, 0.717) is 5.56 Å². The maximum absolute atomic E-state index is 12.9. The zero-order valence-corrected chi connectivity index (χ0v) is 19.2. The van der Waals surface area contributed by atoms with Gasteiger partial charge in [0.2, 0.25) is 0 Å². The highest BCUT2D eigenvalue weighted by Crippen LogP contribution is 2.29. The molecule has 0 radical (unpaired) electrons. The Bertz CT molecular complexity index is 1440. The maximum Gasteiger partial charge on any atom is 0.255 e. The molecule has 4 aromatic carbocycles. The molecule has 5 rings (SSSR count). The van der Waals surface area contributed by atoms with Crippen molar-refractivity contribution in [3.05, 3.63) is 126 Å². The van der Waals surface area contributed by atoms with Gasteiger partial charge in [0.15, 0.2) is 0 Å². The van der Waals surface area contributed by atoms with Crippen LogP contribution in [0.1, 0.15) is 21.5 Å². The van der Waals surface area contributed by atoms with E-state index < -0.39 is 0 Å². The number of rotatable bonds is 5. The molecule has 166 valence electrons.